The van der Waals surface area contributed by atoms with E-state index < -0.39 is 24.7 Å². The highest BCUT2D eigenvalue weighted by molar-refractivity contribution is 5.80. The molecule has 6 nitrogen and oxygen atoms in total. The standard InChI is InChI=1S/C18H17F2NO5/c19-17(20)26-14-8-6-12(7-9-14)10-15(16(22)23)21-18(24)25-11-13-4-2-1-3-5-13/h1-9,15,17H,10-11H2,(H,21,24)(H,22,23). The molecular formula is C18H17F2NO5. The average molecular weight is 365 g/mol. The van der Waals surface area contributed by atoms with Crippen molar-refractivity contribution in [1.29, 1.82) is 0 Å². The number of carboxylic acids is 1. The lowest BCUT2D eigenvalue weighted by atomic mass is 10.1. The molecule has 26 heavy (non-hydrogen) atoms. The second-order valence-electron chi connectivity index (χ2n) is 5.32. The molecule has 138 valence electrons. The van der Waals surface area contributed by atoms with Crippen molar-refractivity contribution in [1.82, 2.24) is 5.32 Å². The summed E-state index contributed by atoms with van der Waals surface area (Å²) in [4.78, 5) is 23.1. The maximum absolute atomic E-state index is 12.1. The molecule has 1 unspecified atom stereocenters. The number of ether oxygens (including phenoxy) is 2. The third kappa shape index (κ3) is 6.39. The highest BCUT2D eigenvalue weighted by atomic mass is 19.3. The number of amides is 1. The van der Waals surface area contributed by atoms with Gasteiger partial charge in [0.2, 0.25) is 0 Å². The summed E-state index contributed by atoms with van der Waals surface area (Å²) in [7, 11) is 0. The predicted octanol–water partition coefficient (Wildman–Crippen LogP) is 3.21. The van der Waals surface area contributed by atoms with Gasteiger partial charge in [0.1, 0.15) is 18.4 Å². The molecule has 0 aromatic heterocycles. The van der Waals surface area contributed by atoms with E-state index in [1.807, 2.05) is 6.07 Å². The Labute approximate surface area is 148 Å². The van der Waals surface area contributed by atoms with E-state index in [4.69, 9.17) is 4.74 Å². The molecule has 0 saturated heterocycles. The zero-order valence-electron chi connectivity index (χ0n) is 13.6. The molecule has 2 rings (SSSR count). The molecule has 0 spiro atoms. The molecule has 1 atom stereocenters. The van der Waals surface area contributed by atoms with E-state index >= 15 is 0 Å². The number of hydrogen-bond acceptors (Lipinski definition) is 4. The number of hydrogen-bond donors (Lipinski definition) is 2. The minimum atomic E-state index is -2.94. The number of alkyl halides is 2. The van der Waals surface area contributed by atoms with Crippen LogP contribution < -0.4 is 10.1 Å². The Balaban J connectivity index is 1.89. The van der Waals surface area contributed by atoms with Gasteiger partial charge < -0.3 is 19.9 Å². The van der Waals surface area contributed by atoms with Gasteiger partial charge in [-0.1, -0.05) is 42.5 Å². The summed E-state index contributed by atoms with van der Waals surface area (Å²) in [6.45, 7) is -2.92. The summed E-state index contributed by atoms with van der Waals surface area (Å²) in [5.74, 6) is -1.28. The van der Waals surface area contributed by atoms with E-state index in [1.54, 1.807) is 24.3 Å². The second kappa shape index (κ2) is 9.36. The number of benzene rings is 2. The normalized spacial score (nSPS) is 11.7. The van der Waals surface area contributed by atoms with Crippen LogP contribution in [0.25, 0.3) is 0 Å². The SMILES string of the molecule is O=C(NC(Cc1ccc(OC(F)F)cc1)C(=O)O)OCc1ccccc1. The van der Waals surface area contributed by atoms with Crippen molar-refractivity contribution >= 4 is 12.1 Å². The van der Waals surface area contributed by atoms with Gasteiger partial charge in [0.15, 0.2) is 0 Å². The second-order valence-corrected chi connectivity index (χ2v) is 5.32. The monoisotopic (exact) mass is 365 g/mol. The van der Waals surface area contributed by atoms with Crippen LogP contribution in [-0.4, -0.2) is 29.8 Å². The van der Waals surface area contributed by atoms with Gasteiger partial charge in [-0.05, 0) is 23.3 Å². The summed E-state index contributed by atoms with van der Waals surface area (Å²) < 4.78 is 33.4. The number of halogens is 2. The van der Waals surface area contributed by atoms with Gasteiger partial charge in [0.05, 0.1) is 0 Å². The van der Waals surface area contributed by atoms with Crippen LogP contribution in [0.2, 0.25) is 0 Å². The fourth-order valence-electron chi connectivity index (χ4n) is 2.15. The van der Waals surface area contributed by atoms with Crippen molar-refractivity contribution < 1.29 is 33.0 Å². The molecule has 0 radical (unpaired) electrons. The van der Waals surface area contributed by atoms with Gasteiger partial charge in [0, 0.05) is 6.42 Å². The first-order chi connectivity index (χ1) is 12.4. The van der Waals surface area contributed by atoms with Crippen molar-refractivity contribution in [2.45, 2.75) is 25.7 Å². The van der Waals surface area contributed by atoms with E-state index in [9.17, 15) is 23.5 Å². The van der Waals surface area contributed by atoms with E-state index in [0.717, 1.165) is 5.56 Å². The summed E-state index contributed by atoms with van der Waals surface area (Å²) in [5.41, 5.74) is 1.30. The smallest absolute Gasteiger partial charge is 0.408 e. The summed E-state index contributed by atoms with van der Waals surface area (Å²) >= 11 is 0. The van der Waals surface area contributed by atoms with Crippen molar-refractivity contribution in [3.63, 3.8) is 0 Å². The first-order valence-corrected chi connectivity index (χ1v) is 7.68. The lowest BCUT2D eigenvalue weighted by molar-refractivity contribution is -0.139. The minimum Gasteiger partial charge on any atom is -0.480 e. The van der Waals surface area contributed by atoms with Crippen LogP contribution in [0.15, 0.2) is 54.6 Å². The van der Waals surface area contributed by atoms with Crippen LogP contribution in [0.1, 0.15) is 11.1 Å². The lowest BCUT2D eigenvalue weighted by Gasteiger charge is -2.15. The van der Waals surface area contributed by atoms with Crippen LogP contribution in [0, 0.1) is 0 Å². The van der Waals surface area contributed by atoms with Crippen molar-refractivity contribution in [3.05, 3.63) is 65.7 Å². The van der Waals surface area contributed by atoms with Gasteiger partial charge in [-0.3, -0.25) is 0 Å². The van der Waals surface area contributed by atoms with Gasteiger partial charge in [-0.15, -0.1) is 0 Å². The Morgan fingerprint density at radius 1 is 1.00 bits per heavy atom. The molecule has 0 heterocycles. The Morgan fingerprint density at radius 2 is 1.65 bits per heavy atom. The maximum Gasteiger partial charge on any atom is 0.408 e. The van der Waals surface area contributed by atoms with Crippen molar-refractivity contribution in [2.75, 3.05) is 0 Å². The van der Waals surface area contributed by atoms with Crippen molar-refractivity contribution in [2.24, 2.45) is 0 Å². The van der Waals surface area contributed by atoms with E-state index in [2.05, 4.69) is 10.1 Å². The number of nitrogens with one attached hydrogen (secondary N) is 1. The first-order valence-electron chi connectivity index (χ1n) is 7.68. The molecule has 2 N–H and O–H groups in total. The van der Waals surface area contributed by atoms with Gasteiger partial charge in [-0.2, -0.15) is 8.78 Å². The van der Waals surface area contributed by atoms with Crippen molar-refractivity contribution in [3.8, 4) is 5.75 Å². The number of carbonyl (C=O) groups excluding carboxylic acids is 1. The van der Waals surface area contributed by atoms with Crippen LogP contribution >= 0.6 is 0 Å². The van der Waals surface area contributed by atoms with E-state index in [-0.39, 0.29) is 18.8 Å². The lowest BCUT2D eigenvalue weighted by Crippen LogP contribution is -2.42. The Hall–Kier alpha value is -3.16. The van der Waals surface area contributed by atoms with Crippen LogP contribution in [-0.2, 0) is 22.6 Å². The number of alkyl carbamates (subject to hydrolysis) is 1. The largest absolute Gasteiger partial charge is 0.480 e. The molecule has 0 bridgehead atoms. The molecule has 8 heteroatoms. The van der Waals surface area contributed by atoms with Gasteiger partial charge in [0.25, 0.3) is 0 Å². The fraction of sp³-hybridized carbons (Fsp3) is 0.222. The fourth-order valence-corrected chi connectivity index (χ4v) is 2.15. The molecule has 0 aliphatic heterocycles. The Kier molecular flexibility index (Phi) is 6.90. The van der Waals surface area contributed by atoms with Gasteiger partial charge >= 0.3 is 18.7 Å². The topological polar surface area (TPSA) is 84.9 Å². The Bertz CT molecular complexity index is 722. The molecule has 0 aliphatic carbocycles. The molecular weight excluding hydrogens is 348 g/mol. The van der Waals surface area contributed by atoms with Crippen LogP contribution in [0.5, 0.6) is 5.75 Å². The van der Waals surface area contributed by atoms with Gasteiger partial charge in [-0.25, -0.2) is 9.59 Å². The number of carboxylic acid groups (broad SMARTS) is 1. The summed E-state index contributed by atoms with van der Waals surface area (Å²) in [5, 5.41) is 11.5. The molecule has 0 aliphatic rings. The first kappa shape index (κ1) is 19.2. The van der Waals surface area contributed by atoms with E-state index in [0.29, 0.717) is 5.56 Å². The predicted molar refractivity (Wildman–Crippen MR) is 88.0 cm³/mol. The summed E-state index contributed by atoms with van der Waals surface area (Å²) in [6, 6.07) is 13.2. The van der Waals surface area contributed by atoms with Crippen LogP contribution in [0.4, 0.5) is 13.6 Å². The molecule has 1 amide bonds. The van der Waals surface area contributed by atoms with Crippen LogP contribution in [0.3, 0.4) is 0 Å². The molecule has 2 aromatic rings. The number of carbonyl (C=O) groups is 2. The molecule has 2 aromatic carbocycles. The zero-order chi connectivity index (χ0) is 18.9. The quantitative estimate of drug-likeness (QED) is 0.750. The third-order valence-electron chi connectivity index (χ3n) is 3.39. The van der Waals surface area contributed by atoms with E-state index in [1.165, 1.54) is 24.3 Å². The molecule has 0 fully saturated rings. The maximum atomic E-state index is 12.1. The highest BCUT2D eigenvalue weighted by Gasteiger charge is 2.21. The summed E-state index contributed by atoms with van der Waals surface area (Å²) in [6.07, 6.45) is -0.899. The highest BCUT2D eigenvalue weighted by Crippen LogP contribution is 2.16. The molecule has 0 saturated carbocycles. The minimum absolute atomic E-state index is 0.0126. The number of rotatable bonds is 8. The zero-order valence-corrected chi connectivity index (χ0v) is 13.6. The number of aliphatic carboxylic acids is 1. The average Bonchev–Trinajstić information content (AvgIpc) is 2.61. The third-order valence-corrected chi connectivity index (χ3v) is 3.39. The Morgan fingerprint density at radius 3 is 2.23 bits per heavy atom.